The molecule has 0 aromatic carbocycles. The van der Waals surface area contributed by atoms with Crippen molar-refractivity contribution >= 4 is 15.9 Å². The first-order chi connectivity index (χ1) is 5.16. The lowest BCUT2D eigenvalue weighted by molar-refractivity contribution is 0.265. The van der Waals surface area contributed by atoms with Gasteiger partial charge in [-0.15, -0.1) is 0 Å². The number of rotatable bonds is 2. The Morgan fingerprint density at radius 2 is 2.45 bits per heavy atom. The highest BCUT2D eigenvalue weighted by Gasteiger charge is 2.13. The summed E-state index contributed by atoms with van der Waals surface area (Å²) in [4.78, 5) is 0. The molecule has 62 valence electrons. The fraction of sp³-hybridized carbons (Fsp3) is 0.500. The number of aryl methyl sites for hydroxylation is 1. The van der Waals surface area contributed by atoms with Gasteiger partial charge in [0, 0.05) is 5.69 Å². The van der Waals surface area contributed by atoms with Crippen molar-refractivity contribution in [3.8, 4) is 0 Å². The SMILES string of the molecule is Cc1[nH]nc(C(N)CO)c1Br. The van der Waals surface area contributed by atoms with Crippen molar-refractivity contribution in [2.45, 2.75) is 13.0 Å². The third-order valence-corrected chi connectivity index (χ3v) is 2.45. The molecule has 4 nitrogen and oxygen atoms in total. The summed E-state index contributed by atoms with van der Waals surface area (Å²) >= 11 is 3.31. The summed E-state index contributed by atoms with van der Waals surface area (Å²) in [6.45, 7) is 1.79. The number of H-pyrrole nitrogens is 1. The summed E-state index contributed by atoms with van der Waals surface area (Å²) in [6, 6.07) is -0.408. The van der Waals surface area contributed by atoms with Crippen molar-refractivity contribution in [1.82, 2.24) is 10.2 Å². The lowest BCUT2D eigenvalue weighted by Crippen LogP contribution is -2.15. The Labute approximate surface area is 72.9 Å². The zero-order valence-corrected chi connectivity index (χ0v) is 7.72. The second kappa shape index (κ2) is 3.34. The van der Waals surface area contributed by atoms with Crippen LogP contribution in [-0.2, 0) is 0 Å². The van der Waals surface area contributed by atoms with Crippen LogP contribution in [0.5, 0.6) is 0 Å². The van der Waals surface area contributed by atoms with Gasteiger partial charge in [-0.3, -0.25) is 5.10 Å². The van der Waals surface area contributed by atoms with Crippen LogP contribution in [0.1, 0.15) is 17.4 Å². The normalized spacial score (nSPS) is 13.5. The smallest absolute Gasteiger partial charge is 0.0957 e. The fourth-order valence-corrected chi connectivity index (χ4v) is 1.24. The Kier molecular flexibility index (Phi) is 2.64. The van der Waals surface area contributed by atoms with E-state index in [1.807, 2.05) is 6.92 Å². The van der Waals surface area contributed by atoms with Gasteiger partial charge in [0.05, 0.1) is 22.8 Å². The molecule has 0 aliphatic rings. The van der Waals surface area contributed by atoms with Gasteiger partial charge in [0.1, 0.15) is 0 Å². The summed E-state index contributed by atoms with van der Waals surface area (Å²) in [6.07, 6.45) is 0. The predicted molar refractivity (Wildman–Crippen MR) is 45.0 cm³/mol. The monoisotopic (exact) mass is 219 g/mol. The number of nitrogens with two attached hydrogens (primary N) is 1. The molecule has 0 radical (unpaired) electrons. The highest BCUT2D eigenvalue weighted by molar-refractivity contribution is 9.10. The van der Waals surface area contributed by atoms with E-state index in [0.717, 1.165) is 10.2 Å². The molecule has 0 bridgehead atoms. The molecule has 11 heavy (non-hydrogen) atoms. The van der Waals surface area contributed by atoms with Crippen molar-refractivity contribution in [2.75, 3.05) is 6.61 Å². The van der Waals surface area contributed by atoms with Crippen LogP contribution in [-0.4, -0.2) is 21.9 Å². The highest BCUT2D eigenvalue weighted by atomic mass is 79.9. The van der Waals surface area contributed by atoms with Crippen LogP contribution < -0.4 is 5.73 Å². The maximum absolute atomic E-state index is 8.72. The molecule has 1 aromatic rings. The average molecular weight is 220 g/mol. The maximum atomic E-state index is 8.72. The molecule has 5 heteroatoms. The van der Waals surface area contributed by atoms with Gasteiger partial charge >= 0.3 is 0 Å². The first-order valence-electron chi connectivity index (χ1n) is 3.23. The molecule has 0 spiro atoms. The number of halogens is 1. The zero-order chi connectivity index (χ0) is 8.43. The molecule has 0 saturated heterocycles. The van der Waals surface area contributed by atoms with Crippen molar-refractivity contribution in [1.29, 1.82) is 0 Å². The highest BCUT2D eigenvalue weighted by Crippen LogP contribution is 2.22. The Morgan fingerprint density at radius 1 is 1.82 bits per heavy atom. The van der Waals surface area contributed by atoms with Crippen LogP contribution in [0.25, 0.3) is 0 Å². The summed E-state index contributed by atoms with van der Waals surface area (Å²) in [7, 11) is 0. The summed E-state index contributed by atoms with van der Waals surface area (Å²) < 4.78 is 0.846. The molecule has 0 amide bonds. The van der Waals surface area contributed by atoms with Crippen LogP contribution in [0.2, 0.25) is 0 Å². The number of aliphatic hydroxyl groups is 1. The fourth-order valence-electron chi connectivity index (χ4n) is 0.766. The molecule has 1 aromatic heterocycles. The Morgan fingerprint density at radius 3 is 2.82 bits per heavy atom. The van der Waals surface area contributed by atoms with E-state index < -0.39 is 6.04 Å². The lowest BCUT2D eigenvalue weighted by atomic mass is 10.2. The van der Waals surface area contributed by atoms with Gasteiger partial charge in [-0.1, -0.05) is 0 Å². The molecule has 0 aliphatic heterocycles. The van der Waals surface area contributed by atoms with Gasteiger partial charge in [-0.25, -0.2) is 0 Å². The van der Waals surface area contributed by atoms with Crippen molar-refractivity contribution < 1.29 is 5.11 Å². The topological polar surface area (TPSA) is 74.9 Å². The van der Waals surface area contributed by atoms with E-state index in [9.17, 15) is 0 Å². The van der Waals surface area contributed by atoms with Crippen molar-refractivity contribution in [3.63, 3.8) is 0 Å². The van der Waals surface area contributed by atoms with E-state index in [1.165, 1.54) is 0 Å². The van der Waals surface area contributed by atoms with Gasteiger partial charge < -0.3 is 10.8 Å². The van der Waals surface area contributed by atoms with Gasteiger partial charge in [-0.2, -0.15) is 5.10 Å². The van der Waals surface area contributed by atoms with Gasteiger partial charge in [0.15, 0.2) is 0 Å². The van der Waals surface area contributed by atoms with E-state index in [1.54, 1.807) is 0 Å². The molecular weight excluding hydrogens is 210 g/mol. The van der Waals surface area contributed by atoms with E-state index >= 15 is 0 Å². The summed E-state index contributed by atoms with van der Waals surface area (Å²) in [5.74, 6) is 0. The molecule has 0 fully saturated rings. The first kappa shape index (κ1) is 8.70. The van der Waals surface area contributed by atoms with E-state index in [-0.39, 0.29) is 6.61 Å². The van der Waals surface area contributed by atoms with Crippen LogP contribution >= 0.6 is 15.9 Å². The lowest BCUT2D eigenvalue weighted by Gasteiger charge is -2.03. The Hall–Kier alpha value is -0.390. The van der Waals surface area contributed by atoms with Crippen LogP contribution in [0.3, 0.4) is 0 Å². The minimum Gasteiger partial charge on any atom is -0.394 e. The molecule has 0 aliphatic carbocycles. The van der Waals surface area contributed by atoms with Crippen LogP contribution in [0, 0.1) is 6.92 Å². The van der Waals surface area contributed by atoms with Gasteiger partial charge in [0.2, 0.25) is 0 Å². The van der Waals surface area contributed by atoms with Crippen LogP contribution in [0.4, 0.5) is 0 Å². The largest absolute Gasteiger partial charge is 0.394 e. The van der Waals surface area contributed by atoms with Crippen molar-refractivity contribution in [2.24, 2.45) is 5.73 Å². The predicted octanol–water partition coefficient (Wildman–Crippen LogP) is 0.473. The number of aromatic nitrogens is 2. The zero-order valence-electron chi connectivity index (χ0n) is 6.13. The van der Waals surface area contributed by atoms with Crippen LogP contribution in [0.15, 0.2) is 4.47 Å². The number of aliphatic hydroxyl groups excluding tert-OH is 1. The molecule has 1 unspecified atom stereocenters. The second-order valence-corrected chi connectivity index (χ2v) is 3.13. The number of hydrogen-bond donors (Lipinski definition) is 3. The molecular formula is C6H10BrN3O. The molecule has 1 atom stereocenters. The molecule has 1 heterocycles. The van der Waals surface area contributed by atoms with Gasteiger partial charge in [-0.05, 0) is 22.9 Å². The number of hydrogen-bond acceptors (Lipinski definition) is 3. The molecule has 1 rings (SSSR count). The van der Waals surface area contributed by atoms with E-state index in [2.05, 4.69) is 26.1 Å². The van der Waals surface area contributed by atoms with Gasteiger partial charge in [0.25, 0.3) is 0 Å². The minimum atomic E-state index is -0.408. The summed E-state index contributed by atoms with van der Waals surface area (Å²) in [5, 5.41) is 15.4. The quantitative estimate of drug-likeness (QED) is 0.678. The Balaban J connectivity index is 2.94. The number of nitrogens with zero attached hydrogens (tertiary/aromatic N) is 1. The summed E-state index contributed by atoms with van der Waals surface area (Å²) in [5.41, 5.74) is 7.14. The maximum Gasteiger partial charge on any atom is 0.0957 e. The van der Waals surface area contributed by atoms with Crippen molar-refractivity contribution in [3.05, 3.63) is 15.9 Å². The standard InChI is InChI=1S/C6H10BrN3O/c1-3-5(7)6(10-9-3)4(8)2-11/h4,11H,2,8H2,1H3,(H,9,10). The average Bonchev–Trinajstić information content (AvgIpc) is 2.32. The first-order valence-corrected chi connectivity index (χ1v) is 4.03. The molecule has 0 saturated carbocycles. The minimum absolute atomic E-state index is 0.0944. The number of nitrogens with one attached hydrogen (secondary N) is 1. The Bertz CT molecular complexity index is 248. The second-order valence-electron chi connectivity index (χ2n) is 2.34. The van der Waals surface area contributed by atoms with E-state index in [0.29, 0.717) is 5.69 Å². The number of aromatic amines is 1. The van der Waals surface area contributed by atoms with E-state index in [4.69, 9.17) is 10.8 Å². The third-order valence-electron chi connectivity index (χ3n) is 1.45. The third kappa shape index (κ3) is 1.61. The molecule has 4 N–H and O–H groups in total.